The Kier molecular flexibility index (Phi) is 7.10. The van der Waals surface area contributed by atoms with Crippen molar-refractivity contribution in [2.75, 3.05) is 30.9 Å². The van der Waals surface area contributed by atoms with E-state index in [2.05, 4.69) is 52.3 Å². The summed E-state index contributed by atoms with van der Waals surface area (Å²) in [5, 5.41) is 7.33. The van der Waals surface area contributed by atoms with Gasteiger partial charge in [0.1, 0.15) is 23.6 Å². The third-order valence-electron chi connectivity index (χ3n) is 5.70. The van der Waals surface area contributed by atoms with Crippen molar-refractivity contribution in [2.24, 2.45) is 5.41 Å². The zero-order valence-corrected chi connectivity index (χ0v) is 21.7. The molecule has 1 amide bonds. The van der Waals surface area contributed by atoms with Gasteiger partial charge in [-0.3, -0.25) is 4.79 Å². The first-order valence-corrected chi connectivity index (χ1v) is 11.9. The van der Waals surface area contributed by atoms with Gasteiger partial charge in [0, 0.05) is 43.0 Å². The first-order valence-electron chi connectivity index (χ1n) is 11.9. The number of benzene rings is 3. The molecule has 1 aromatic heterocycles. The summed E-state index contributed by atoms with van der Waals surface area (Å²) in [5.41, 5.74) is 4.48. The van der Waals surface area contributed by atoms with Crippen molar-refractivity contribution in [3.05, 3.63) is 78.1 Å². The van der Waals surface area contributed by atoms with Crippen LogP contribution in [0.1, 0.15) is 36.7 Å². The van der Waals surface area contributed by atoms with Crippen LogP contribution in [0.25, 0.3) is 10.9 Å². The van der Waals surface area contributed by atoms with Gasteiger partial charge in [-0.2, -0.15) is 0 Å². The maximum absolute atomic E-state index is 12.4. The summed E-state index contributed by atoms with van der Waals surface area (Å²) in [4.78, 5) is 23.3. The molecule has 7 nitrogen and oxygen atoms in total. The number of aromatic nitrogens is 2. The average Bonchev–Trinajstić information content (AvgIpc) is 2.84. The zero-order valence-electron chi connectivity index (χ0n) is 21.7. The Hall–Kier alpha value is -4.13. The van der Waals surface area contributed by atoms with Gasteiger partial charge in [0.25, 0.3) is 5.91 Å². The number of carbonyl (C=O) groups is 1. The van der Waals surface area contributed by atoms with Gasteiger partial charge in [-0.1, -0.05) is 20.8 Å². The van der Waals surface area contributed by atoms with Crippen LogP contribution in [0.3, 0.4) is 0 Å². The highest BCUT2D eigenvalue weighted by Gasteiger charge is 2.13. The number of carbonyl (C=O) groups excluding carboxylic acids is 1. The van der Waals surface area contributed by atoms with Crippen LogP contribution in [0.2, 0.25) is 0 Å². The smallest absolute Gasteiger partial charge is 0.251 e. The Bertz CT molecular complexity index is 1380. The molecule has 0 aliphatic carbocycles. The normalized spacial score (nSPS) is 11.3. The second kappa shape index (κ2) is 10.2. The molecule has 0 fully saturated rings. The third kappa shape index (κ3) is 6.10. The Morgan fingerprint density at radius 2 is 1.72 bits per heavy atom. The Morgan fingerprint density at radius 3 is 2.39 bits per heavy atom. The highest BCUT2D eigenvalue weighted by atomic mass is 16.5. The number of fused-ring (bicyclic) bond motifs is 1. The second-order valence-corrected chi connectivity index (χ2v) is 10.3. The average molecular weight is 484 g/mol. The van der Waals surface area contributed by atoms with E-state index in [1.54, 1.807) is 18.5 Å². The Balaban J connectivity index is 1.46. The molecule has 0 bridgehead atoms. The van der Waals surface area contributed by atoms with Gasteiger partial charge in [0.05, 0.1) is 5.52 Å². The fraction of sp³-hybridized carbons (Fsp3) is 0.276. The van der Waals surface area contributed by atoms with Gasteiger partial charge >= 0.3 is 0 Å². The number of hydrogen-bond donors (Lipinski definition) is 2. The first-order chi connectivity index (χ1) is 17.1. The minimum atomic E-state index is -0.0852. The van der Waals surface area contributed by atoms with E-state index in [0.717, 1.165) is 39.4 Å². The second-order valence-electron chi connectivity index (χ2n) is 10.3. The number of rotatable bonds is 7. The highest BCUT2D eigenvalue weighted by molar-refractivity contribution is 5.94. The topological polar surface area (TPSA) is 79.4 Å². The molecule has 4 aromatic rings. The summed E-state index contributed by atoms with van der Waals surface area (Å²) < 4.78 is 6.09. The maximum atomic E-state index is 12.4. The van der Waals surface area contributed by atoms with Gasteiger partial charge in [-0.05, 0) is 78.6 Å². The van der Waals surface area contributed by atoms with E-state index in [0.29, 0.717) is 17.9 Å². The standard InChI is InChI=1S/C29H33N5O2/c1-19-15-21(33-27-24-16-22(34(5)6)10-13-25(24)31-18-32-27)9-14-26(19)36-23-11-7-20(8-12-23)28(35)30-17-29(2,3)4/h7-16,18H,17H2,1-6H3,(H,30,35)(H,31,32,33). The van der Waals surface area contributed by atoms with Gasteiger partial charge in [0.2, 0.25) is 0 Å². The van der Waals surface area contributed by atoms with Gasteiger partial charge in [-0.25, -0.2) is 9.97 Å². The lowest BCUT2D eigenvalue weighted by molar-refractivity contribution is 0.0939. The summed E-state index contributed by atoms with van der Waals surface area (Å²) in [6.45, 7) is 8.88. The van der Waals surface area contributed by atoms with Crippen molar-refractivity contribution in [1.82, 2.24) is 15.3 Å². The molecule has 0 spiro atoms. The Morgan fingerprint density at radius 1 is 0.972 bits per heavy atom. The predicted molar refractivity (Wildman–Crippen MR) is 147 cm³/mol. The maximum Gasteiger partial charge on any atom is 0.251 e. The van der Waals surface area contributed by atoms with Crippen LogP contribution in [0.4, 0.5) is 17.2 Å². The predicted octanol–water partition coefficient (Wildman–Crippen LogP) is 6.32. The van der Waals surface area contributed by atoms with Crippen LogP contribution >= 0.6 is 0 Å². The van der Waals surface area contributed by atoms with Crippen molar-refractivity contribution >= 4 is 34.0 Å². The number of hydrogen-bond acceptors (Lipinski definition) is 6. The van der Waals surface area contributed by atoms with Crippen LogP contribution in [0.5, 0.6) is 11.5 Å². The zero-order chi connectivity index (χ0) is 25.9. The minimum Gasteiger partial charge on any atom is -0.457 e. The Labute approximate surface area is 212 Å². The van der Waals surface area contributed by atoms with E-state index in [1.807, 2.05) is 63.5 Å². The molecule has 4 rings (SSSR count). The number of anilines is 3. The van der Waals surface area contributed by atoms with E-state index in [-0.39, 0.29) is 11.3 Å². The molecule has 2 N–H and O–H groups in total. The van der Waals surface area contributed by atoms with Gasteiger partial charge < -0.3 is 20.3 Å². The number of nitrogens with one attached hydrogen (secondary N) is 2. The molecule has 0 saturated carbocycles. The molecule has 186 valence electrons. The van der Waals surface area contributed by atoms with E-state index >= 15 is 0 Å². The molecule has 1 heterocycles. The molecule has 0 unspecified atom stereocenters. The number of amides is 1. The fourth-order valence-electron chi connectivity index (χ4n) is 3.65. The molecule has 0 atom stereocenters. The molecule has 0 radical (unpaired) electrons. The molecule has 0 aliphatic heterocycles. The van der Waals surface area contributed by atoms with Crippen molar-refractivity contribution < 1.29 is 9.53 Å². The lowest BCUT2D eigenvalue weighted by Gasteiger charge is -2.18. The van der Waals surface area contributed by atoms with E-state index in [4.69, 9.17) is 4.74 Å². The fourth-order valence-corrected chi connectivity index (χ4v) is 3.65. The number of ether oxygens (including phenoxy) is 1. The molecule has 3 aromatic carbocycles. The largest absolute Gasteiger partial charge is 0.457 e. The molecule has 0 saturated heterocycles. The van der Waals surface area contributed by atoms with Crippen molar-refractivity contribution in [2.45, 2.75) is 27.7 Å². The molecule has 0 aliphatic rings. The van der Waals surface area contributed by atoms with E-state index in [1.165, 1.54) is 0 Å². The SMILES string of the molecule is Cc1cc(Nc2ncnc3ccc(N(C)C)cc23)ccc1Oc1ccc(C(=O)NCC(C)(C)C)cc1. The summed E-state index contributed by atoms with van der Waals surface area (Å²) in [7, 11) is 4.02. The van der Waals surface area contributed by atoms with Crippen LogP contribution in [-0.2, 0) is 0 Å². The van der Waals surface area contributed by atoms with Crippen molar-refractivity contribution in [1.29, 1.82) is 0 Å². The summed E-state index contributed by atoms with van der Waals surface area (Å²) in [6.07, 6.45) is 1.57. The first kappa shape index (κ1) is 25.0. The quantitative estimate of drug-likeness (QED) is 0.320. The summed E-state index contributed by atoms with van der Waals surface area (Å²) in [6, 6.07) is 19.2. The lowest BCUT2D eigenvalue weighted by atomic mass is 9.97. The van der Waals surface area contributed by atoms with E-state index < -0.39 is 0 Å². The molecule has 36 heavy (non-hydrogen) atoms. The minimum absolute atomic E-state index is 0.0347. The van der Waals surface area contributed by atoms with Crippen molar-refractivity contribution in [3.63, 3.8) is 0 Å². The summed E-state index contributed by atoms with van der Waals surface area (Å²) >= 11 is 0. The highest BCUT2D eigenvalue weighted by Crippen LogP contribution is 2.31. The van der Waals surface area contributed by atoms with E-state index in [9.17, 15) is 4.79 Å². The number of nitrogens with zero attached hydrogens (tertiary/aromatic N) is 3. The monoisotopic (exact) mass is 483 g/mol. The van der Waals surface area contributed by atoms with Gasteiger partial charge in [-0.15, -0.1) is 0 Å². The van der Waals surface area contributed by atoms with Crippen LogP contribution in [0, 0.1) is 12.3 Å². The van der Waals surface area contributed by atoms with Crippen LogP contribution in [0.15, 0.2) is 67.0 Å². The third-order valence-corrected chi connectivity index (χ3v) is 5.70. The molecular formula is C29H33N5O2. The van der Waals surface area contributed by atoms with Crippen LogP contribution in [-0.4, -0.2) is 36.5 Å². The van der Waals surface area contributed by atoms with Crippen molar-refractivity contribution in [3.8, 4) is 11.5 Å². The number of aryl methyl sites for hydroxylation is 1. The van der Waals surface area contributed by atoms with Gasteiger partial charge in [0.15, 0.2) is 0 Å². The summed E-state index contributed by atoms with van der Waals surface area (Å²) in [5.74, 6) is 2.08. The van der Waals surface area contributed by atoms with Crippen LogP contribution < -0.4 is 20.3 Å². The lowest BCUT2D eigenvalue weighted by Crippen LogP contribution is -2.32. The molecular weight excluding hydrogens is 450 g/mol. The molecule has 7 heteroatoms.